The fourth-order valence-electron chi connectivity index (χ4n) is 4.77. The van der Waals surface area contributed by atoms with Gasteiger partial charge in [-0.25, -0.2) is 14.4 Å². The Bertz CT molecular complexity index is 1310. The van der Waals surface area contributed by atoms with E-state index in [-0.39, 0.29) is 24.5 Å². The third-order valence-corrected chi connectivity index (χ3v) is 7.14. The number of nitrogen functional groups attached to an aromatic ring is 1. The van der Waals surface area contributed by atoms with Gasteiger partial charge in [-0.2, -0.15) is 0 Å². The first-order chi connectivity index (χ1) is 18.0. The van der Waals surface area contributed by atoms with Gasteiger partial charge in [-0.1, -0.05) is 18.1 Å². The number of aromatic nitrogens is 4. The van der Waals surface area contributed by atoms with Crippen molar-refractivity contribution in [1.29, 1.82) is 0 Å². The normalized spacial score (nSPS) is 20.1. The number of phenolic OH excluding ortho intramolecular Hbond substituents is 1. The first kappa shape index (κ1) is 24.7. The van der Waals surface area contributed by atoms with Crippen molar-refractivity contribution in [1.82, 2.24) is 25.1 Å². The summed E-state index contributed by atoms with van der Waals surface area (Å²) in [5, 5.41) is 18.6. The highest BCUT2D eigenvalue weighted by molar-refractivity contribution is 5.74. The molecule has 2 saturated heterocycles. The van der Waals surface area contributed by atoms with Crippen molar-refractivity contribution in [3.63, 3.8) is 0 Å². The molecule has 0 aliphatic carbocycles. The van der Waals surface area contributed by atoms with Crippen molar-refractivity contribution < 1.29 is 9.50 Å². The van der Waals surface area contributed by atoms with E-state index in [9.17, 15) is 9.50 Å². The smallest absolute Gasteiger partial charge is 0.206 e. The van der Waals surface area contributed by atoms with Crippen LogP contribution in [0.4, 0.5) is 21.7 Å². The molecule has 5 rings (SSSR count). The third-order valence-electron chi connectivity index (χ3n) is 7.14. The minimum absolute atomic E-state index is 0.00143. The fourth-order valence-corrected chi connectivity index (χ4v) is 4.77. The molecule has 0 spiro atoms. The molecule has 2 aromatic heterocycles. The van der Waals surface area contributed by atoms with E-state index in [1.807, 2.05) is 29.2 Å². The molecule has 2 aliphatic heterocycles. The highest BCUT2D eigenvalue weighted by atomic mass is 19.1. The third kappa shape index (κ3) is 5.42. The number of nitrogens with zero attached hydrogens (tertiary/aromatic N) is 7. The number of likely N-dealkylation sites (tertiary alicyclic amines) is 1. The Morgan fingerprint density at radius 3 is 2.76 bits per heavy atom. The van der Waals surface area contributed by atoms with E-state index in [1.54, 1.807) is 18.3 Å². The quantitative estimate of drug-likeness (QED) is 0.509. The molecule has 9 nitrogen and oxygen atoms in total. The monoisotopic (exact) mass is 502 g/mol. The predicted molar refractivity (Wildman–Crippen MR) is 142 cm³/mol. The van der Waals surface area contributed by atoms with Crippen LogP contribution in [0.25, 0.3) is 11.3 Å². The number of hydrogen-bond donors (Lipinski definition) is 2. The summed E-state index contributed by atoms with van der Waals surface area (Å²) in [5.74, 6) is 7.94. The molecule has 3 N–H and O–H groups in total. The zero-order chi connectivity index (χ0) is 25.8. The Hall–Kier alpha value is -3.97. The van der Waals surface area contributed by atoms with E-state index in [1.165, 1.54) is 0 Å². The molecular formula is C27H31FN8O. The van der Waals surface area contributed by atoms with Crippen molar-refractivity contribution >= 4 is 17.3 Å². The molecule has 2 atom stereocenters. The Morgan fingerprint density at radius 2 is 1.97 bits per heavy atom. The van der Waals surface area contributed by atoms with Crippen molar-refractivity contribution in [3.05, 3.63) is 48.4 Å². The summed E-state index contributed by atoms with van der Waals surface area (Å²) in [6, 6.07) is 11.1. The van der Waals surface area contributed by atoms with Gasteiger partial charge in [0.1, 0.15) is 18.2 Å². The number of rotatable bonds is 5. The second-order valence-electron chi connectivity index (χ2n) is 9.44. The number of anilines is 3. The van der Waals surface area contributed by atoms with Crippen LogP contribution >= 0.6 is 0 Å². The summed E-state index contributed by atoms with van der Waals surface area (Å²) in [6.07, 6.45) is 3.52. The number of phenols is 1. The SMILES string of the molecule is C[C@@H]1CCN(c2cc(-c3ccccc3O)nnc2N)CCN1c1ccnc(C#CCN2CC[C@@H]2CF)n1. The van der Waals surface area contributed by atoms with Gasteiger partial charge in [0, 0.05) is 50.0 Å². The summed E-state index contributed by atoms with van der Waals surface area (Å²) in [7, 11) is 0. The molecule has 2 aliphatic rings. The molecule has 0 saturated carbocycles. The lowest BCUT2D eigenvalue weighted by Gasteiger charge is -2.37. The van der Waals surface area contributed by atoms with Gasteiger partial charge in [-0.3, -0.25) is 4.90 Å². The zero-order valence-electron chi connectivity index (χ0n) is 20.9. The molecular weight excluding hydrogens is 471 g/mol. The van der Waals surface area contributed by atoms with Gasteiger partial charge in [-0.05, 0) is 50.0 Å². The molecule has 0 radical (unpaired) electrons. The average molecular weight is 503 g/mol. The molecule has 0 amide bonds. The second kappa shape index (κ2) is 11.0. The van der Waals surface area contributed by atoms with Crippen LogP contribution in [0.15, 0.2) is 42.6 Å². The molecule has 0 bridgehead atoms. The number of aromatic hydroxyl groups is 1. The van der Waals surface area contributed by atoms with E-state index >= 15 is 0 Å². The Kier molecular flexibility index (Phi) is 7.32. The van der Waals surface area contributed by atoms with E-state index < -0.39 is 0 Å². The highest BCUT2D eigenvalue weighted by Crippen LogP contribution is 2.32. The first-order valence-corrected chi connectivity index (χ1v) is 12.6. The molecule has 0 unspecified atom stereocenters. The van der Waals surface area contributed by atoms with E-state index in [4.69, 9.17) is 10.7 Å². The summed E-state index contributed by atoms with van der Waals surface area (Å²) < 4.78 is 12.9. The van der Waals surface area contributed by atoms with Gasteiger partial charge >= 0.3 is 0 Å². The van der Waals surface area contributed by atoms with Crippen molar-refractivity contribution in [2.24, 2.45) is 0 Å². The van der Waals surface area contributed by atoms with Crippen LogP contribution in [-0.2, 0) is 0 Å². The van der Waals surface area contributed by atoms with E-state index in [0.717, 1.165) is 44.0 Å². The standard InChI is InChI=1S/C27H31FN8O/c1-19-9-13-35(23-17-22(32-33-27(23)29)21-5-2-3-6-24(21)37)15-16-36(19)26-8-11-30-25(31-26)7-4-12-34-14-10-20(34)18-28/h2-3,5-6,8,11,17,19-20,37H,9-10,12-16,18H2,1H3,(H2,29,33)/t19-,20-/m1/s1. The number of halogens is 1. The van der Waals surface area contributed by atoms with Crippen LogP contribution in [0, 0.1) is 11.8 Å². The number of nitrogens with two attached hydrogens (primary N) is 1. The van der Waals surface area contributed by atoms with Crippen LogP contribution in [0.1, 0.15) is 25.6 Å². The molecule has 192 valence electrons. The van der Waals surface area contributed by atoms with Crippen molar-refractivity contribution in [2.45, 2.75) is 31.8 Å². The Morgan fingerprint density at radius 1 is 1.11 bits per heavy atom. The maximum Gasteiger partial charge on any atom is 0.206 e. The topological polar surface area (TPSA) is 108 Å². The van der Waals surface area contributed by atoms with E-state index in [0.29, 0.717) is 36.0 Å². The van der Waals surface area contributed by atoms with Crippen molar-refractivity contribution in [3.8, 4) is 28.8 Å². The second-order valence-corrected chi connectivity index (χ2v) is 9.44. The number of hydrogen-bond acceptors (Lipinski definition) is 9. The lowest BCUT2D eigenvalue weighted by atomic mass is 10.1. The fraction of sp³-hybridized carbons (Fsp3) is 0.407. The van der Waals surface area contributed by atoms with Crippen LogP contribution in [0.5, 0.6) is 5.75 Å². The summed E-state index contributed by atoms with van der Waals surface area (Å²) in [4.78, 5) is 15.5. The molecule has 10 heteroatoms. The van der Waals surface area contributed by atoms with Gasteiger partial charge in [0.25, 0.3) is 0 Å². The molecule has 3 aromatic rings. The van der Waals surface area contributed by atoms with E-state index in [2.05, 4.69) is 43.7 Å². The minimum Gasteiger partial charge on any atom is -0.507 e. The van der Waals surface area contributed by atoms with Gasteiger partial charge < -0.3 is 20.6 Å². The zero-order valence-corrected chi connectivity index (χ0v) is 20.9. The molecule has 1 aromatic carbocycles. The van der Waals surface area contributed by atoms with Crippen LogP contribution in [0.2, 0.25) is 0 Å². The summed E-state index contributed by atoms with van der Waals surface area (Å²) >= 11 is 0. The maximum absolute atomic E-state index is 12.9. The first-order valence-electron chi connectivity index (χ1n) is 12.6. The highest BCUT2D eigenvalue weighted by Gasteiger charge is 2.27. The molecule has 2 fully saturated rings. The summed E-state index contributed by atoms with van der Waals surface area (Å²) in [6.45, 7) is 5.50. The predicted octanol–water partition coefficient (Wildman–Crippen LogP) is 2.72. The lowest BCUT2D eigenvalue weighted by Crippen LogP contribution is -2.48. The minimum atomic E-state index is -0.325. The molecule has 4 heterocycles. The largest absolute Gasteiger partial charge is 0.507 e. The average Bonchev–Trinajstić information content (AvgIpc) is 3.08. The number of para-hydroxylation sites is 1. The maximum atomic E-state index is 12.9. The Balaban J connectivity index is 1.30. The molecule has 37 heavy (non-hydrogen) atoms. The van der Waals surface area contributed by atoms with Crippen LogP contribution in [0.3, 0.4) is 0 Å². The van der Waals surface area contributed by atoms with Gasteiger partial charge in [0.05, 0.1) is 17.9 Å². The number of alkyl halides is 1. The van der Waals surface area contributed by atoms with Crippen LogP contribution < -0.4 is 15.5 Å². The van der Waals surface area contributed by atoms with Crippen molar-refractivity contribution in [2.75, 3.05) is 54.9 Å². The summed E-state index contributed by atoms with van der Waals surface area (Å²) in [5.41, 5.74) is 8.23. The Labute approximate surface area is 216 Å². The lowest BCUT2D eigenvalue weighted by molar-refractivity contribution is 0.0857. The van der Waals surface area contributed by atoms with Gasteiger partial charge in [0.2, 0.25) is 5.82 Å². The van der Waals surface area contributed by atoms with Gasteiger partial charge in [-0.15, -0.1) is 10.2 Å². The number of benzene rings is 1. The van der Waals surface area contributed by atoms with Gasteiger partial charge in [0.15, 0.2) is 5.82 Å². The van der Waals surface area contributed by atoms with Crippen LogP contribution in [-0.4, -0.2) is 81.7 Å².